The second-order valence-corrected chi connectivity index (χ2v) is 9.95. The van der Waals surface area contributed by atoms with Crippen molar-refractivity contribution < 1.29 is 4.79 Å². The highest BCUT2D eigenvalue weighted by Gasteiger charge is 2.25. The Morgan fingerprint density at radius 3 is 2.56 bits per heavy atom. The molecule has 1 amide bonds. The molecule has 36 heavy (non-hydrogen) atoms. The largest absolute Gasteiger partial charge is 0.371 e. The predicted octanol–water partition coefficient (Wildman–Crippen LogP) is 4.09. The van der Waals surface area contributed by atoms with Crippen LogP contribution in [0.1, 0.15) is 46.8 Å². The number of aryl methyl sites for hydroxylation is 1. The van der Waals surface area contributed by atoms with Crippen molar-refractivity contribution in [3.05, 3.63) is 83.9 Å². The van der Waals surface area contributed by atoms with Crippen LogP contribution in [0.4, 0.5) is 11.4 Å². The second kappa shape index (κ2) is 11.6. The van der Waals surface area contributed by atoms with Gasteiger partial charge in [0.15, 0.2) is 0 Å². The molecule has 0 spiro atoms. The van der Waals surface area contributed by atoms with Gasteiger partial charge in [-0.05, 0) is 74.0 Å². The molecule has 0 aliphatic carbocycles. The molecule has 1 unspecified atom stereocenters. The number of carbonyl (C=O) groups excluding carboxylic acids is 1. The highest BCUT2D eigenvalue weighted by atomic mass is 16.1. The second-order valence-electron chi connectivity index (χ2n) is 9.95. The van der Waals surface area contributed by atoms with Crippen LogP contribution in [0.15, 0.2) is 67.1 Å². The number of likely N-dealkylation sites (tertiary alicyclic amines) is 1. The lowest BCUT2D eigenvalue weighted by molar-refractivity contribution is 0.102. The summed E-state index contributed by atoms with van der Waals surface area (Å²) < 4.78 is 0. The molecular weight excluding hydrogens is 448 g/mol. The number of amides is 1. The molecule has 2 saturated heterocycles. The summed E-state index contributed by atoms with van der Waals surface area (Å²) in [6, 6.07) is 17.5. The standard InChI is InChI=1S/C29H36N6O/c1-22-4-2-3-5-27(22)23-10-16-34(21-23)19-15-31-24-11-17-35(18-12-24)26-8-6-25(7-9-26)33-29(36)28-20-30-13-14-32-28/h2-9,13-14,20,23-24,31H,10-12,15-19,21H2,1H3,(H,33,36). The van der Waals surface area contributed by atoms with E-state index in [-0.39, 0.29) is 5.91 Å². The number of carbonyl (C=O) groups is 1. The maximum Gasteiger partial charge on any atom is 0.275 e. The molecule has 5 rings (SSSR count). The smallest absolute Gasteiger partial charge is 0.275 e. The van der Waals surface area contributed by atoms with Crippen LogP contribution in [0.5, 0.6) is 0 Å². The normalized spacial score (nSPS) is 18.9. The minimum Gasteiger partial charge on any atom is -0.371 e. The third kappa shape index (κ3) is 6.09. The highest BCUT2D eigenvalue weighted by Crippen LogP contribution is 2.29. The first-order valence-corrected chi connectivity index (χ1v) is 13.1. The van der Waals surface area contributed by atoms with Crippen molar-refractivity contribution in [1.82, 2.24) is 20.2 Å². The van der Waals surface area contributed by atoms with Gasteiger partial charge in [0, 0.05) is 62.5 Å². The summed E-state index contributed by atoms with van der Waals surface area (Å²) in [5, 5.41) is 6.69. The Morgan fingerprint density at radius 1 is 1.00 bits per heavy atom. The first-order valence-electron chi connectivity index (χ1n) is 13.1. The Labute approximate surface area is 213 Å². The number of piperidine rings is 1. The number of anilines is 2. The number of nitrogens with zero attached hydrogens (tertiary/aromatic N) is 4. The van der Waals surface area contributed by atoms with E-state index in [2.05, 4.69) is 73.7 Å². The van der Waals surface area contributed by atoms with Crippen LogP contribution < -0.4 is 15.5 Å². The lowest BCUT2D eigenvalue weighted by Crippen LogP contribution is -2.44. The van der Waals surface area contributed by atoms with E-state index < -0.39 is 0 Å². The summed E-state index contributed by atoms with van der Waals surface area (Å²) in [5.41, 5.74) is 5.23. The van der Waals surface area contributed by atoms with Gasteiger partial charge in [0.1, 0.15) is 5.69 Å². The van der Waals surface area contributed by atoms with Gasteiger partial charge in [-0.2, -0.15) is 0 Å². The average Bonchev–Trinajstić information content (AvgIpc) is 3.39. The predicted molar refractivity (Wildman–Crippen MR) is 145 cm³/mol. The van der Waals surface area contributed by atoms with Crippen molar-refractivity contribution in [3.8, 4) is 0 Å². The number of hydrogen-bond donors (Lipinski definition) is 2. The number of hydrogen-bond acceptors (Lipinski definition) is 6. The number of rotatable bonds is 8. The van der Waals surface area contributed by atoms with Crippen LogP contribution in [-0.2, 0) is 0 Å². The van der Waals surface area contributed by atoms with Crippen LogP contribution in [0.25, 0.3) is 0 Å². The van der Waals surface area contributed by atoms with Crippen LogP contribution in [-0.4, -0.2) is 66.1 Å². The monoisotopic (exact) mass is 484 g/mol. The molecule has 2 aromatic carbocycles. The fourth-order valence-electron chi connectivity index (χ4n) is 5.47. The molecule has 188 valence electrons. The lowest BCUT2D eigenvalue weighted by atomic mass is 9.94. The molecule has 0 saturated carbocycles. The number of aromatic nitrogens is 2. The summed E-state index contributed by atoms with van der Waals surface area (Å²) in [6.07, 6.45) is 8.11. The fourth-order valence-corrected chi connectivity index (χ4v) is 5.47. The Morgan fingerprint density at radius 2 is 1.81 bits per heavy atom. The van der Waals surface area contributed by atoms with E-state index in [4.69, 9.17) is 0 Å². The molecule has 3 aromatic rings. The van der Waals surface area contributed by atoms with Crippen LogP contribution >= 0.6 is 0 Å². The highest BCUT2D eigenvalue weighted by molar-refractivity contribution is 6.02. The maximum atomic E-state index is 12.3. The van der Waals surface area contributed by atoms with Gasteiger partial charge in [-0.1, -0.05) is 24.3 Å². The van der Waals surface area contributed by atoms with Gasteiger partial charge in [0.25, 0.3) is 5.91 Å². The van der Waals surface area contributed by atoms with Crippen LogP contribution in [0.2, 0.25) is 0 Å². The molecular formula is C29H36N6O. The zero-order valence-corrected chi connectivity index (χ0v) is 21.1. The number of benzene rings is 2. The molecule has 2 fully saturated rings. The first kappa shape index (κ1) is 24.4. The minimum absolute atomic E-state index is 0.248. The molecule has 2 aliphatic rings. The van der Waals surface area contributed by atoms with E-state index in [9.17, 15) is 4.79 Å². The third-order valence-electron chi connectivity index (χ3n) is 7.54. The average molecular weight is 485 g/mol. The molecule has 3 heterocycles. The lowest BCUT2D eigenvalue weighted by Gasteiger charge is -2.34. The van der Waals surface area contributed by atoms with Gasteiger partial charge in [-0.15, -0.1) is 0 Å². The van der Waals surface area contributed by atoms with Gasteiger partial charge >= 0.3 is 0 Å². The Kier molecular flexibility index (Phi) is 7.88. The summed E-state index contributed by atoms with van der Waals surface area (Å²) in [6.45, 7) is 8.90. The van der Waals surface area contributed by atoms with Crippen molar-refractivity contribution in [2.24, 2.45) is 0 Å². The van der Waals surface area contributed by atoms with Crippen molar-refractivity contribution in [3.63, 3.8) is 0 Å². The van der Waals surface area contributed by atoms with Crippen molar-refractivity contribution in [2.75, 3.05) is 49.5 Å². The maximum absolute atomic E-state index is 12.3. The summed E-state index contributed by atoms with van der Waals surface area (Å²) >= 11 is 0. The zero-order chi connectivity index (χ0) is 24.7. The molecule has 1 aromatic heterocycles. The zero-order valence-electron chi connectivity index (χ0n) is 21.1. The Balaban J connectivity index is 1.02. The van der Waals surface area contributed by atoms with Gasteiger partial charge in [-0.25, -0.2) is 4.98 Å². The van der Waals surface area contributed by atoms with E-state index in [0.717, 1.165) is 44.7 Å². The van der Waals surface area contributed by atoms with Gasteiger partial charge < -0.3 is 20.4 Å². The molecule has 1 atom stereocenters. The quantitative estimate of drug-likeness (QED) is 0.502. The molecule has 2 aliphatic heterocycles. The van der Waals surface area contributed by atoms with E-state index in [1.165, 1.54) is 48.7 Å². The van der Waals surface area contributed by atoms with Crippen LogP contribution in [0.3, 0.4) is 0 Å². The van der Waals surface area contributed by atoms with E-state index >= 15 is 0 Å². The van der Waals surface area contributed by atoms with E-state index in [1.54, 1.807) is 6.20 Å². The summed E-state index contributed by atoms with van der Waals surface area (Å²) in [4.78, 5) is 25.3. The van der Waals surface area contributed by atoms with Crippen molar-refractivity contribution in [2.45, 2.75) is 38.1 Å². The third-order valence-corrected chi connectivity index (χ3v) is 7.54. The molecule has 0 radical (unpaired) electrons. The molecule has 0 bridgehead atoms. The summed E-state index contributed by atoms with van der Waals surface area (Å²) in [7, 11) is 0. The molecule has 2 N–H and O–H groups in total. The Bertz CT molecular complexity index is 1130. The fraction of sp³-hybridized carbons (Fsp3) is 0.414. The molecule has 7 heteroatoms. The van der Waals surface area contributed by atoms with Crippen LogP contribution in [0, 0.1) is 6.92 Å². The topological polar surface area (TPSA) is 73.4 Å². The van der Waals surface area contributed by atoms with Gasteiger partial charge in [0.2, 0.25) is 0 Å². The van der Waals surface area contributed by atoms with Crippen molar-refractivity contribution in [1.29, 1.82) is 0 Å². The van der Waals surface area contributed by atoms with Gasteiger partial charge in [-0.3, -0.25) is 9.78 Å². The van der Waals surface area contributed by atoms with Gasteiger partial charge in [0.05, 0.1) is 6.20 Å². The van der Waals surface area contributed by atoms with E-state index in [1.807, 2.05) is 12.1 Å². The van der Waals surface area contributed by atoms with Crippen molar-refractivity contribution >= 4 is 17.3 Å². The Hall–Kier alpha value is -3.29. The van der Waals surface area contributed by atoms with E-state index in [0.29, 0.717) is 17.7 Å². The summed E-state index contributed by atoms with van der Waals surface area (Å²) in [5.74, 6) is 0.434. The number of nitrogens with one attached hydrogen (secondary N) is 2. The minimum atomic E-state index is -0.248. The SMILES string of the molecule is Cc1ccccc1C1CCN(CCNC2CCN(c3ccc(NC(=O)c4cnccn4)cc3)CC2)C1. The first-order chi connectivity index (χ1) is 17.7. The molecule has 7 nitrogen and oxygen atoms in total.